The van der Waals surface area contributed by atoms with Crippen molar-refractivity contribution in [3.63, 3.8) is 0 Å². The quantitative estimate of drug-likeness (QED) is 0.749. The summed E-state index contributed by atoms with van der Waals surface area (Å²) in [4.78, 5) is 16.7. The molecule has 22 heavy (non-hydrogen) atoms. The summed E-state index contributed by atoms with van der Waals surface area (Å²) in [5, 5.41) is 10.6. The molecule has 4 nitrogen and oxygen atoms in total. The van der Waals surface area contributed by atoms with Gasteiger partial charge in [0.15, 0.2) is 17.3 Å². The number of hydrogen-bond donors (Lipinski definition) is 1. The van der Waals surface area contributed by atoms with Crippen LogP contribution < -0.4 is 4.74 Å². The molecule has 110 valence electrons. The van der Waals surface area contributed by atoms with Gasteiger partial charge in [-0.1, -0.05) is 18.2 Å². The molecule has 0 radical (unpaired) electrons. The fourth-order valence-corrected chi connectivity index (χ4v) is 2.35. The number of para-hydroxylation sites is 1. The Labute approximate surface area is 128 Å². The van der Waals surface area contributed by atoms with E-state index in [1.165, 1.54) is 13.2 Å². The van der Waals surface area contributed by atoms with Gasteiger partial charge in [0, 0.05) is 23.6 Å². The van der Waals surface area contributed by atoms with Crippen molar-refractivity contribution < 1.29 is 14.6 Å². The van der Waals surface area contributed by atoms with Crippen LogP contribution in [0.4, 0.5) is 0 Å². The third-order valence-electron chi connectivity index (χ3n) is 3.51. The minimum absolute atomic E-state index is 0.0198. The number of carbonyl (C=O) groups excluding carboxylic acids is 1. The second-order valence-corrected chi connectivity index (χ2v) is 5.02. The Hall–Kier alpha value is -2.88. The van der Waals surface area contributed by atoms with Gasteiger partial charge in [-0.2, -0.15) is 0 Å². The highest BCUT2D eigenvalue weighted by Gasteiger charge is 2.11. The largest absolute Gasteiger partial charge is 0.504 e. The number of carbonyl (C=O) groups is 1. The van der Waals surface area contributed by atoms with Crippen molar-refractivity contribution in [3.05, 3.63) is 65.9 Å². The summed E-state index contributed by atoms with van der Waals surface area (Å²) in [5.74, 6) is 0.268. The molecule has 4 heteroatoms. The van der Waals surface area contributed by atoms with Gasteiger partial charge >= 0.3 is 0 Å². The van der Waals surface area contributed by atoms with Crippen LogP contribution in [-0.2, 0) is 6.42 Å². The first-order chi connectivity index (χ1) is 10.7. The number of phenolic OH excluding ortho intramolecular Hbond substituents is 1. The average molecular weight is 293 g/mol. The molecular formula is C18H15NO3. The molecule has 0 bridgehead atoms. The average Bonchev–Trinajstić information content (AvgIpc) is 2.55. The van der Waals surface area contributed by atoms with Crippen LogP contribution in [0.3, 0.4) is 0 Å². The van der Waals surface area contributed by atoms with E-state index >= 15 is 0 Å². The van der Waals surface area contributed by atoms with Crippen molar-refractivity contribution >= 4 is 16.7 Å². The standard InChI is InChI=1S/C18H15NO3/c1-22-18-10-14(6-7-16(18)20)17(21)9-12-8-13-4-2-3-5-15(13)19-11-12/h2-8,10-11,20H,9H2,1H3. The van der Waals surface area contributed by atoms with Gasteiger partial charge in [-0.3, -0.25) is 9.78 Å². The lowest BCUT2D eigenvalue weighted by Gasteiger charge is -2.06. The Kier molecular flexibility index (Phi) is 3.74. The highest BCUT2D eigenvalue weighted by Crippen LogP contribution is 2.27. The minimum atomic E-state index is -0.0459. The lowest BCUT2D eigenvalue weighted by Crippen LogP contribution is -2.04. The van der Waals surface area contributed by atoms with Crippen LogP contribution in [-0.4, -0.2) is 23.0 Å². The molecule has 1 aromatic heterocycles. The topological polar surface area (TPSA) is 59.4 Å². The highest BCUT2D eigenvalue weighted by atomic mass is 16.5. The van der Waals surface area contributed by atoms with Gasteiger partial charge in [0.05, 0.1) is 12.6 Å². The molecule has 3 rings (SSSR count). The first-order valence-electron chi connectivity index (χ1n) is 6.91. The second-order valence-electron chi connectivity index (χ2n) is 5.02. The van der Waals surface area contributed by atoms with Gasteiger partial charge < -0.3 is 9.84 Å². The predicted molar refractivity (Wildman–Crippen MR) is 84.4 cm³/mol. The number of ketones is 1. The van der Waals surface area contributed by atoms with E-state index in [1.807, 2.05) is 30.3 Å². The third-order valence-corrected chi connectivity index (χ3v) is 3.51. The van der Waals surface area contributed by atoms with E-state index in [0.29, 0.717) is 11.3 Å². The Balaban J connectivity index is 1.86. The van der Waals surface area contributed by atoms with E-state index < -0.39 is 0 Å². The first kappa shape index (κ1) is 14.1. The summed E-state index contributed by atoms with van der Waals surface area (Å²) in [5.41, 5.74) is 2.27. The van der Waals surface area contributed by atoms with Crippen LogP contribution in [0.15, 0.2) is 54.7 Å². The Morgan fingerprint density at radius 2 is 2.00 bits per heavy atom. The summed E-state index contributed by atoms with van der Waals surface area (Å²) in [7, 11) is 1.45. The summed E-state index contributed by atoms with van der Waals surface area (Å²) in [6, 6.07) is 14.4. The monoisotopic (exact) mass is 293 g/mol. The molecule has 0 aliphatic carbocycles. The third kappa shape index (κ3) is 2.76. The van der Waals surface area contributed by atoms with Gasteiger partial charge in [-0.15, -0.1) is 0 Å². The van der Waals surface area contributed by atoms with Gasteiger partial charge in [0.2, 0.25) is 0 Å². The van der Waals surface area contributed by atoms with Crippen molar-refractivity contribution in [2.24, 2.45) is 0 Å². The predicted octanol–water partition coefficient (Wildman–Crippen LogP) is 3.37. The fourth-order valence-electron chi connectivity index (χ4n) is 2.35. The van der Waals surface area contributed by atoms with E-state index in [1.54, 1.807) is 18.3 Å². The number of Topliss-reactive ketones (excluding diaryl/α,β-unsaturated/α-hetero) is 1. The zero-order valence-corrected chi connectivity index (χ0v) is 12.1. The molecule has 3 aromatic rings. The molecule has 0 saturated heterocycles. The maximum absolute atomic E-state index is 12.4. The molecule has 2 aromatic carbocycles. The number of rotatable bonds is 4. The van der Waals surface area contributed by atoms with Crippen molar-refractivity contribution in [3.8, 4) is 11.5 Å². The maximum atomic E-state index is 12.4. The summed E-state index contributed by atoms with van der Waals surface area (Å²) in [6.07, 6.45) is 1.98. The molecule has 0 fully saturated rings. The van der Waals surface area contributed by atoms with Crippen LogP contribution in [0.25, 0.3) is 10.9 Å². The Morgan fingerprint density at radius 3 is 2.82 bits per heavy atom. The van der Waals surface area contributed by atoms with Crippen LogP contribution in [0, 0.1) is 0 Å². The van der Waals surface area contributed by atoms with Gasteiger partial charge in [-0.25, -0.2) is 0 Å². The summed E-state index contributed by atoms with van der Waals surface area (Å²) < 4.78 is 5.03. The number of ether oxygens (including phenoxy) is 1. The Bertz CT molecular complexity index is 843. The van der Waals surface area contributed by atoms with Gasteiger partial charge in [0.25, 0.3) is 0 Å². The fraction of sp³-hybridized carbons (Fsp3) is 0.111. The molecule has 0 amide bonds. The number of aromatic hydroxyl groups is 1. The number of pyridine rings is 1. The lowest BCUT2D eigenvalue weighted by molar-refractivity contribution is 0.0992. The van der Waals surface area contributed by atoms with Gasteiger partial charge in [0.1, 0.15) is 0 Å². The normalized spacial score (nSPS) is 10.6. The van der Waals surface area contributed by atoms with Crippen molar-refractivity contribution in [2.45, 2.75) is 6.42 Å². The lowest BCUT2D eigenvalue weighted by atomic mass is 10.0. The number of aromatic nitrogens is 1. The number of benzene rings is 2. The molecule has 0 aliphatic rings. The van der Waals surface area contributed by atoms with Crippen molar-refractivity contribution in [1.29, 1.82) is 0 Å². The molecule has 0 saturated carbocycles. The molecule has 1 heterocycles. The maximum Gasteiger partial charge on any atom is 0.167 e. The van der Waals surface area contributed by atoms with E-state index in [9.17, 15) is 9.90 Å². The van der Waals surface area contributed by atoms with E-state index in [2.05, 4.69) is 4.98 Å². The van der Waals surface area contributed by atoms with Crippen LogP contribution >= 0.6 is 0 Å². The van der Waals surface area contributed by atoms with Crippen molar-refractivity contribution in [2.75, 3.05) is 7.11 Å². The van der Waals surface area contributed by atoms with E-state index in [4.69, 9.17) is 4.74 Å². The number of phenols is 1. The molecular weight excluding hydrogens is 278 g/mol. The number of hydrogen-bond acceptors (Lipinski definition) is 4. The number of nitrogens with zero attached hydrogens (tertiary/aromatic N) is 1. The number of methoxy groups -OCH3 is 1. The molecule has 1 N–H and O–H groups in total. The molecule has 0 spiro atoms. The Morgan fingerprint density at radius 1 is 1.18 bits per heavy atom. The van der Waals surface area contributed by atoms with Crippen molar-refractivity contribution in [1.82, 2.24) is 4.98 Å². The van der Waals surface area contributed by atoms with E-state index in [-0.39, 0.29) is 18.0 Å². The smallest absolute Gasteiger partial charge is 0.167 e. The highest BCUT2D eigenvalue weighted by molar-refractivity contribution is 5.98. The summed E-state index contributed by atoms with van der Waals surface area (Å²) in [6.45, 7) is 0. The summed E-state index contributed by atoms with van der Waals surface area (Å²) >= 11 is 0. The van der Waals surface area contributed by atoms with Gasteiger partial charge in [-0.05, 0) is 35.9 Å². The molecule has 0 unspecified atom stereocenters. The minimum Gasteiger partial charge on any atom is -0.504 e. The zero-order chi connectivity index (χ0) is 15.5. The van der Waals surface area contributed by atoms with Crippen LogP contribution in [0.1, 0.15) is 15.9 Å². The number of fused-ring (bicyclic) bond motifs is 1. The SMILES string of the molecule is COc1cc(C(=O)Cc2cnc3ccccc3c2)ccc1O. The first-order valence-corrected chi connectivity index (χ1v) is 6.91. The van der Waals surface area contributed by atoms with Crippen LogP contribution in [0.5, 0.6) is 11.5 Å². The van der Waals surface area contributed by atoms with Crippen LogP contribution in [0.2, 0.25) is 0 Å². The molecule has 0 atom stereocenters. The van der Waals surface area contributed by atoms with E-state index in [0.717, 1.165) is 16.5 Å². The second kappa shape index (κ2) is 5.85. The zero-order valence-electron chi connectivity index (χ0n) is 12.1. The molecule has 0 aliphatic heterocycles.